The number of benzene rings is 3. The summed E-state index contributed by atoms with van der Waals surface area (Å²) >= 11 is 0. The Morgan fingerprint density at radius 1 is 0.838 bits per heavy atom. The number of carbonyl (C=O) groups excluding carboxylic acids is 1. The van der Waals surface area contributed by atoms with Crippen molar-refractivity contribution in [1.82, 2.24) is 0 Å². The highest BCUT2D eigenvalue weighted by atomic mass is 19.4. The Labute approximate surface area is 207 Å². The maximum absolute atomic E-state index is 13.5. The molecule has 2 atom stereocenters. The molecule has 0 unspecified atom stereocenters. The maximum Gasteiger partial charge on any atom is 0.573 e. The molecule has 0 saturated carbocycles. The summed E-state index contributed by atoms with van der Waals surface area (Å²) < 4.78 is 83.9. The van der Waals surface area contributed by atoms with Gasteiger partial charge in [-0.3, -0.25) is 14.7 Å². The van der Waals surface area contributed by atoms with Crippen molar-refractivity contribution in [1.29, 1.82) is 0 Å². The van der Waals surface area contributed by atoms with E-state index in [1.165, 1.54) is 29.2 Å². The van der Waals surface area contributed by atoms with Crippen LogP contribution >= 0.6 is 0 Å². The lowest BCUT2D eigenvalue weighted by atomic mass is 10.0. The second-order valence-corrected chi connectivity index (χ2v) is 8.22. The summed E-state index contributed by atoms with van der Waals surface area (Å²) in [4.78, 5) is 19.3. The number of aliphatic imine (C=N–C) groups is 1. The average Bonchev–Trinajstić information content (AvgIpc) is 3.14. The van der Waals surface area contributed by atoms with Crippen LogP contribution in [0, 0.1) is 0 Å². The van der Waals surface area contributed by atoms with E-state index < -0.39 is 36.2 Å². The van der Waals surface area contributed by atoms with E-state index >= 15 is 0 Å². The van der Waals surface area contributed by atoms with Gasteiger partial charge in [-0.25, -0.2) is 0 Å². The van der Waals surface area contributed by atoms with Gasteiger partial charge >= 0.3 is 12.7 Å². The Hall–Kier alpha value is -4.02. The fourth-order valence-electron chi connectivity index (χ4n) is 4.08. The monoisotopic (exact) mass is 522 g/mol. The summed E-state index contributed by atoms with van der Waals surface area (Å²) in [5.41, 5.74) is 1.60. The van der Waals surface area contributed by atoms with E-state index in [4.69, 9.17) is 0 Å². The van der Waals surface area contributed by atoms with Crippen molar-refractivity contribution in [3.8, 4) is 11.5 Å². The summed E-state index contributed by atoms with van der Waals surface area (Å²) in [5, 5.41) is 0. The van der Waals surface area contributed by atoms with Crippen molar-refractivity contribution in [3.63, 3.8) is 0 Å². The number of ether oxygens (including phenoxy) is 2. The third kappa shape index (κ3) is 6.60. The number of rotatable bonds is 6. The molecule has 0 radical (unpaired) electrons. The zero-order valence-electron chi connectivity index (χ0n) is 19.3. The zero-order valence-corrected chi connectivity index (χ0v) is 19.3. The molecule has 1 amide bonds. The highest BCUT2D eigenvalue weighted by Crippen LogP contribution is 2.39. The molecule has 194 valence electrons. The Morgan fingerprint density at radius 2 is 1.46 bits per heavy atom. The predicted octanol–water partition coefficient (Wildman–Crippen LogP) is 7.16. The smallest absolute Gasteiger partial charge is 0.406 e. The van der Waals surface area contributed by atoms with E-state index in [1.54, 1.807) is 13.0 Å². The molecule has 0 N–H and O–H groups in total. The van der Waals surface area contributed by atoms with Crippen molar-refractivity contribution < 1.29 is 40.6 Å². The van der Waals surface area contributed by atoms with Crippen LogP contribution < -0.4 is 14.4 Å². The molecule has 4 rings (SSSR count). The summed E-state index contributed by atoms with van der Waals surface area (Å²) in [6.07, 6.45) is -9.73. The van der Waals surface area contributed by atoms with Crippen LogP contribution in [0.5, 0.6) is 11.5 Å². The lowest BCUT2D eigenvalue weighted by Gasteiger charge is -2.25. The van der Waals surface area contributed by atoms with E-state index in [1.807, 2.05) is 30.3 Å². The van der Waals surface area contributed by atoms with Crippen LogP contribution in [0.2, 0.25) is 0 Å². The first-order valence-corrected chi connectivity index (χ1v) is 11.1. The molecule has 1 fully saturated rings. The van der Waals surface area contributed by atoms with E-state index in [0.717, 1.165) is 23.8 Å². The highest BCUT2D eigenvalue weighted by Gasteiger charge is 2.40. The Bertz CT molecular complexity index is 1270. The van der Waals surface area contributed by atoms with Crippen LogP contribution in [0.25, 0.3) is 0 Å². The minimum Gasteiger partial charge on any atom is -0.406 e. The van der Waals surface area contributed by atoms with Crippen LogP contribution in [0.15, 0.2) is 83.9 Å². The SMILES string of the molecule is C[C@@H](N=C1C[C@H](c2cccc(OC(F)(F)F)c2)N(c2ccc(OC(F)(F)F)cc2)C1=O)c1ccccc1. The second kappa shape index (κ2) is 10.2. The number of hydrogen-bond acceptors (Lipinski definition) is 4. The van der Waals surface area contributed by atoms with Crippen molar-refractivity contribution in [2.45, 2.75) is 38.2 Å². The van der Waals surface area contributed by atoms with Crippen molar-refractivity contribution in [2.75, 3.05) is 4.90 Å². The lowest BCUT2D eigenvalue weighted by molar-refractivity contribution is -0.275. The summed E-state index contributed by atoms with van der Waals surface area (Å²) in [6.45, 7) is 1.80. The zero-order chi connectivity index (χ0) is 26.8. The molecule has 1 aliphatic rings. The van der Waals surface area contributed by atoms with Gasteiger partial charge < -0.3 is 9.47 Å². The largest absolute Gasteiger partial charge is 0.573 e. The third-order valence-corrected chi connectivity index (χ3v) is 5.62. The number of alkyl halides is 6. The molecule has 0 aromatic heterocycles. The normalized spacial score (nSPS) is 18.2. The molecule has 3 aromatic rings. The van der Waals surface area contributed by atoms with Crippen LogP contribution in [-0.2, 0) is 4.79 Å². The third-order valence-electron chi connectivity index (χ3n) is 5.62. The van der Waals surface area contributed by atoms with E-state index in [-0.39, 0.29) is 23.9 Å². The highest BCUT2D eigenvalue weighted by molar-refractivity contribution is 6.46. The molecule has 0 bridgehead atoms. The van der Waals surface area contributed by atoms with Crippen molar-refractivity contribution in [2.24, 2.45) is 4.99 Å². The van der Waals surface area contributed by atoms with Crippen LogP contribution in [0.4, 0.5) is 32.0 Å². The number of amides is 1. The van der Waals surface area contributed by atoms with Crippen LogP contribution in [0.1, 0.15) is 36.6 Å². The fourth-order valence-corrected chi connectivity index (χ4v) is 4.08. The number of halogens is 6. The van der Waals surface area contributed by atoms with Gasteiger partial charge in [-0.15, -0.1) is 26.3 Å². The van der Waals surface area contributed by atoms with Gasteiger partial charge in [-0.2, -0.15) is 0 Å². The molecule has 0 spiro atoms. The average molecular weight is 522 g/mol. The molecular formula is C26H20F6N2O3. The molecule has 5 nitrogen and oxygen atoms in total. The summed E-state index contributed by atoms with van der Waals surface area (Å²) in [6, 6.07) is 17.9. The minimum absolute atomic E-state index is 0.0618. The Kier molecular flexibility index (Phi) is 7.15. The van der Waals surface area contributed by atoms with Gasteiger partial charge in [0.1, 0.15) is 17.2 Å². The first kappa shape index (κ1) is 26.1. The first-order valence-electron chi connectivity index (χ1n) is 11.1. The fraction of sp³-hybridized carbons (Fsp3) is 0.231. The van der Waals surface area contributed by atoms with Gasteiger partial charge in [-0.1, -0.05) is 42.5 Å². The minimum atomic E-state index is -4.91. The summed E-state index contributed by atoms with van der Waals surface area (Å²) in [7, 11) is 0. The molecule has 1 aliphatic heterocycles. The maximum atomic E-state index is 13.5. The van der Waals surface area contributed by atoms with Gasteiger partial charge in [-0.05, 0) is 54.4 Å². The number of anilines is 1. The van der Waals surface area contributed by atoms with Crippen molar-refractivity contribution in [3.05, 3.63) is 90.0 Å². The first-order chi connectivity index (χ1) is 17.4. The van der Waals surface area contributed by atoms with Gasteiger partial charge in [0.05, 0.1) is 12.1 Å². The number of nitrogens with zero attached hydrogens (tertiary/aromatic N) is 2. The lowest BCUT2D eigenvalue weighted by Crippen LogP contribution is -2.29. The molecule has 3 aromatic carbocycles. The summed E-state index contributed by atoms with van der Waals surface area (Å²) in [5.74, 6) is -1.46. The molecule has 11 heteroatoms. The van der Waals surface area contributed by atoms with Crippen molar-refractivity contribution >= 4 is 17.3 Å². The van der Waals surface area contributed by atoms with Gasteiger partial charge in [0, 0.05) is 12.1 Å². The standard InChI is InChI=1S/C26H20F6N2O3/c1-16(17-6-3-2-4-7-17)33-22-15-23(18-8-5-9-21(14-18)37-26(30,31)32)34(24(22)35)19-10-12-20(13-11-19)36-25(27,28)29/h2-14,16,23H,15H2,1H3/t16-,23-/m1/s1. The quantitative estimate of drug-likeness (QED) is 0.323. The number of hydrogen-bond donors (Lipinski definition) is 0. The topological polar surface area (TPSA) is 51.1 Å². The van der Waals surface area contributed by atoms with E-state index in [9.17, 15) is 31.1 Å². The van der Waals surface area contributed by atoms with Gasteiger partial charge in [0.15, 0.2) is 0 Å². The molecule has 0 aliphatic carbocycles. The predicted molar refractivity (Wildman–Crippen MR) is 123 cm³/mol. The Morgan fingerprint density at radius 3 is 2.08 bits per heavy atom. The molecule has 37 heavy (non-hydrogen) atoms. The molecule has 1 saturated heterocycles. The molecule has 1 heterocycles. The second-order valence-electron chi connectivity index (χ2n) is 8.22. The Balaban J connectivity index is 1.71. The van der Waals surface area contributed by atoms with Crippen LogP contribution in [0.3, 0.4) is 0 Å². The van der Waals surface area contributed by atoms with E-state index in [0.29, 0.717) is 5.56 Å². The molecular weight excluding hydrogens is 502 g/mol. The van der Waals surface area contributed by atoms with Gasteiger partial charge in [0.2, 0.25) is 0 Å². The van der Waals surface area contributed by atoms with E-state index in [2.05, 4.69) is 14.5 Å². The van der Waals surface area contributed by atoms with Gasteiger partial charge in [0.25, 0.3) is 5.91 Å². The van der Waals surface area contributed by atoms with Crippen LogP contribution in [-0.4, -0.2) is 24.3 Å². The number of carbonyl (C=O) groups is 1.